The van der Waals surface area contributed by atoms with Gasteiger partial charge in [0.25, 0.3) is 15.9 Å². The van der Waals surface area contributed by atoms with E-state index in [2.05, 4.69) is 10.0 Å². The zero-order valence-electron chi connectivity index (χ0n) is 15.0. The van der Waals surface area contributed by atoms with Gasteiger partial charge in [0, 0.05) is 5.69 Å². The maximum atomic E-state index is 14.0. The van der Waals surface area contributed by atoms with Crippen LogP contribution < -0.4 is 10.0 Å². The Morgan fingerprint density at radius 3 is 2.34 bits per heavy atom. The quantitative estimate of drug-likeness (QED) is 0.536. The van der Waals surface area contributed by atoms with E-state index in [9.17, 15) is 17.6 Å². The Balaban J connectivity index is 1.92. The van der Waals surface area contributed by atoms with Crippen molar-refractivity contribution in [3.05, 3.63) is 87.7 Å². The molecule has 0 radical (unpaired) electrons. The Morgan fingerprint density at radius 2 is 1.66 bits per heavy atom. The summed E-state index contributed by atoms with van der Waals surface area (Å²) in [5, 5.41) is 2.66. The number of carbonyl (C=O) groups excluding carboxylic acids is 1. The third-order valence-electron chi connectivity index (χ3n) is 4.04. The number of benzene rings is 3. The van der Waals surface area contributed by atoms with Crippen LogP contribution in [0.5, 0.6) is 0 Å². The van der Waals surface area contributed by atoms with Crippen LogP contribution in [0.4, 0.5) is 15.8 Å². The highest BCUT2D eigenvalue weighted by atomic mass is 35.5. The average Bonchev–Trinajstić information content (AvgIpc) is 2.65. The predicted molar refractivity (Wildman–Crippen MR) is 113 cm³/mol. The van der Waals surface area contributed by atoms with Crippen molar-refractivity contribution in [1.82, 2.24) is 0 Å². The van der Waals surface area contributed by atoms with Gasteiger partial charge in [-0.05, 0) is 48.9 Å². The van der Waals surface area contributed by atoms with Crippen LogP contribution in [0.3, 0.4) is 0 Å². The van der Waals surface area contributed by atoms with Crippen molar-refractivity contribution in [1.29, 1.82) is 0 Å². The van der Waals surface area contributed by atoms with Crippen LogP contribution in [0, 0.1) is 12.7 Å². The molecule has 0 aliphatic heterocycles. The molecule has 2 N–H and O–H groups in total. The fourth-order valence-electron chi connectivity index (χ4n) is 2.62. The zero-order chi connectivity index (χ0) is 21.2. The average molecular weight is 453 g/mol. The van der Waals surface area contributed by atoms with E-state index in [1.165, 1.54) is 36.4 Å². The van der Waals surface area contributed by atoms with Crippen molar-refractivity contribution >= 4 is 50.5 Å². The van der Waals surface area contributed by atoms with Crippen LogP contribution in [0.15, 0.2) is 65.6 Å². The Hall–Kier alpha value is -2.61. The van der Waals surface area contributed by atoms with Crippen molar-refractivity contribution in [2.24, 2.45) is 0 Å². The number of hydrogen-bond acceptors (Lipinski definition) is 3. The van der Waals surface area contributed by atoms with E-state index < -0.39 is 21.7 Å². The molecule has 0 aliphatic carbocycles. The molecule has 1 amide bonds. The fourth-order valence-corrected chi connectivity index (χ4v) is 4.46. The molecule has 29 heavy (non-hydrogen) atoms. The van der Waals surface area contributed by atoms with Gasteiger partial charge in [0.15, 0.2) is 0 Å². The second-order valence-electron chi connectivity index (χ2n) is 6.12. The predicted octanol–water partition coefficient (Wildman–Crippen LogP) is 5.49. The van der Waals surface area contributed by atoms with Crippen LogP contribution >= 0.6 is 23.2 Å². The highest BCUT2D eigenvalue weighted by Crippen LogP contribution is 2.27. The van der Waals surface area contributed by atoms with E-state index in [4.69, 9.17) is 23.2 Å². The van der Waals surface area contributed by atoms with Crippen molar-refractivity contribution < 1.29 is 17.6 Å². The van der Waals surface area contributed by atoms with Gasteiger partial charge in [-0.15, -0.1) is 0 Å². The second kappa shape index (κ2) is 8.41. The molecule has 9 heteroatoms. The minimum absolute atomic E-state index is 0.0529. The number of sulfonamides is 1. The van der Waals surface area contributed by atoms with E-state index in [-0.39, 0.29) is 31.9 Å². The van der Waals surface area contributed by atoms with Crippen LogP contribution in [0.2, 0.25) is 10.0 Å². The molecule has 0 aromatic heterocycles. The molecule has 0 atom stereocenters. The molecule has 0 aliphatic rings. The summed E-state index contributed by atoms with van der Waals surface area (Å²) in [6, 6.07) is 14.6. The summed E-state index contributed by atoms with van der Waals surface area (Å²) >= 11 is 11.9. The van der Waals surface area contributed by atoms with Crippen molar-refractivity contribution in [3.8, 4) is 0 Å². The molecule has 0 saturated heterocycles. The number of aryl methyl sites for hydroxylation is 1. The summed E-state index contributed by atoms with van der Waals surface area (Å²) in [7, 11) is -3.99. The lowest BCUT2D eigenvalue weighted by molar-refractivity contribution is 0.102. The first-order valence-electron chi connectivity index (χ1n) is 8.32. The lowest BCUT2D eigenvalue weighted by atomic mass is 10.1. The van der Waals surface area contributed by atoms with Gasteiger partial charge < -0.3 is 5.32 Å². The summed E-state index contributed by atoms with van der Waals surface area (Å²) in [6.07, 6.45) is 0. The largest absolute Gasteiger partial charge is 0.322 e. The molecule has 0 saturated carbocycles. The normalized spacial score (nSPS) is 11.2. The van der Waals surface area contributed by atoms with E-state index in [1.807, 2.05) is 0 Å². The Morgan fingerprint density at radius 1 is 0.966 bits per heavy atom. The van der Waals surface area contributed by atoms with Crippen molar-refractivity contribution in [3.63, 3.8) is 0 Å². The summed E-state index contributed by atoms with van der Waals surface area (Å²) < 4.78 is 42.0. The van der Waals surface area contributed by atoms with Gasteiger partial charge in [0.05, 0.1) is 26.2 Å². The zero-order valence-corrected chi connectivity index (χ0v) is 17.4. The maximum Gasteiger partial charge on any atom is 0.262 e. The van der Waals surface area contributed by atoms with E-state index in [1.54, 1.807) is 25.1 Å². The first kappa shape index (κ1) is 21.1. The van der Waals surface area contributed by atoms with Gasteiger partial charge in [-0.2, -0.15) is 0 Å². The van der Waals surface area contributed by atoms with E-state index >= 15 is 0 Å². The highest BCUT2D eigenvalue weighted by Gasteiger charge is 2.21. The lowest BCUT2D eigenvalue weighted by Crippen LogP contribution is -2.17. The molecule has 0 spiro atoms. The topological polar surface area (TPSA) is 75.3 Å². The first-order valence-corrected chi connectivity index (χ1v) is 10.6. The van der Waals surface area contributed by atoms with Crippen LogP contribution in [0.1, 0.15) is 15.9 Å². The van der Waals surface area contributed by atoms with Gasteiger partial charge in [-0.25, -0.2) is 12.8 Å². The first-order chi connectivity index (χ1) is 13.7. The fraction of sp³-hybridized carbons (Fsp3) is 0.0500. The minimum Gasteiger partial charge on any atom is -0.322 e. The molecule has 150 valence electrons. The number of halogens is 3. The van der Waals surface area contributed by atoms with Gasteiger partial charge >= 0.3 is 0 Å². The Kier molecular flexibility index (Phi) is 6.12. The van der Waals surface area contributed by atoms with Crippen LogP contribution in [-0.2, 0) is 10.0 Å². The van der Waals surface area contributed by atoms with Gasteiger partial charge in [-0.1, -0.05) is 47.5 Å². The molecule has 3 aromatic carbocycles. The lowest BCUT2D eigenvalue weighted by Gasteiger charge is -2.14. The molecule has 0 heterocycles. The number of carbonyl (C=O) groups is 1. The van der Waals surface area contributed by atoms with Crippen LogP contribution in [-0.4, -0.2) is 14.3 Å². The number of nitrogens with one attached hydrogen (secondary N) is 2. The number of anilines is 2. The Bertz CT molecular complexity index is 1180. The molecule has 5 nitrogen and oxygen atoms in total. The molecule has 0 bridgehead atoms. The smallest absolute Gasteiger partial charge is 0.262 e. The van der Waals surface area contributed by atoms with Gasteiger partial charge in [0.1, 0.15) is 5.82 Å². The number of rotatable bonds is 5. The molecule has 0 fully saturated rings. The SMILES string of the molecule is Cc1ccc(NC(=O)c2c(F)cccc2Cl)cc1S(=O)(=O)Nc1ccccc1Cl. The van der Waals surface area contributed by atoms with Gasteiger partial charge in [0.2, 0.25) is 0 Å². The third kappa shape index (κ3) is 4.70. The van der Waals surface area contributed by atoms with Crippen molar-refractivity contribution in [2.75, 3.05) is 10.0 Å². The summed E-state index contributed by atoms with van der Waals surface area (Å²) in [5.41, 5.74) is 0.514. The number of para-hydroxylation sites is 1. The van der Waals surface area contributed by atoms with E-state index in [0.29, 0.717) is 5.56 Å². The molecule has 3 aromatic rings. The molecule has 3 rings (SSSR count). The third-order valence-corrected chi connectivity index (χ3v) is 6.20. The number of amides is 1. The Labute approximate surface area is 177 Å². The van der Waals surface area contributed by atoms with E-state index in [0.717, 1.165) is 6.07 Å². The maximum absolute atomic E-state index is 14.0. The second-order valence-corrected chi connectivity index (χ2v) is 8.58. The van der Waals surface area contributed by atoms with Gasteiger partial charge in [-0.3, -0.25) is 9.52 Å². The monoisotopic (exact) mass is 452 g/mol. The summed E-state index contributed by atoms with van der Waals surface area (Å²) in [4.78, 5) is 12.4. The summed E-state index contributed by atoms with van der Waals surface area (Å²) in [5.74, 6) is -1.57. The standard InChI is InChI=1S/C20H15Cl2FN2O3S/c1-12-9-10-13(24-20(26)19-15(22)6-4-7-16(19)23)11-18(12)29(27,28)25-17-8-3-2-5-14(17)21/h2-11,25H,1H3,(H,24,26). The van der Waals surface area contributed by atoms with Crippen LogP contribution in [0.25, 0.3) is 0 Å². The summed E-state index contributed by atoms with van der Waals surface area (Å²) in [6.45, 7) is 1.61. The van der Waals surface area contributed by atoms with Crippen molar-refractivity contribution in [2.45, 2.75) is 11.8 Å². The highest BCUT2D eigenvalue weighted by molar-refractivity contribution is 7.92. The number of hydrogen-bond donors (Lipinski definition) is 2. The molecule has 0 unspecified atom stereocenters. The molecular formula is C20H15Cl2FN2O3S. The molecular weight excluding hydrogens is 438 g/mol. The minimum atomic E-state index is -3.99.